The monoisotopic (exact) mass is 473 g/mol. The molecule has 3 aliphatic rings. The number of carbonyl (C=O) groups is 1. The molecule has 2 aromatic rings. The number of rotatable bonds is 5. The normalized spacial score (nSPS) is 13.5. The van der Waals surface area contributed by atoms with Gasteiger partial charge in [0.05, 0.1) is 11.4 Å². The van der Waals surface area contributed by atoms with Gasteiger partial charge in [-0.2, -0.15) is 4.68 Å². The van der Waals surface area contributed by atoms with E-state index in [0.29, 0.717) is 11.4 Å². The van der Waals surface area contributed by atoms with Crippen LogP contribution in [0.25, 0.3) is 17.1 Å². The van der Waals surface area contributed by atoms with E-state index in [1.807, 2.05) is 62.4 Å². The molecule has 0 spiro atoms. The van der Waals surface area contributed by atoms with Crippen molar-refractivity contribution in [3.63, 3.8) is 0 Å². The van der Waals surface area contributed by atoms with Gasteiger partial charge in [-0.1, -0.05) is 48.5 Å². The highest BCUT2D eigenvalue weighted by atomic mass is 32.2. The summed E-state index contributed by atoms with van der Waals surface area (Å²) in [6, 6.07) is 15.4. The fourth-order valence-electron chi connectivity index (χ4n) is 4.39. The average molecular weight is 474 g/mol. The van der Waals surface area contributed by atoms with E-state index in [0.717, 1.165) is 65.6 Å². The van der Waals surface area contributed by atoms with Gasteiger partial charge in [0, 0.05) is 17.9 Å². The number of fused-ring (bicyclic) bond motifs is 3. The fourth-order valence-corrected chi connectivity index (χ4v) is 5.24. The van der Waals surface area contributed by atoms with E-state index >= 15 is 0 Å². The van der Waals surface area contributed by atoms with Gasteiger partial charge in [-0.05, 0) is 62.4 Å². The Morgan fingerprint density at radius 2 is 1.91 bits per heavy atom. The first-order valence-corrected chi connectivity index (χ1v) is 12.6. The minimum absolute atomic E-state index is 0.0807. The SMILES string of the molecule is Cc1ccc(C)c(NC(=O)CSc2nc3nn(-c4ccccc4)c(=O)c-3c3n2CCCCC3)c1. The van der Waals surface area contributed by atoms with Crippen LogP contribution in [0.4, 0.5) is 5.69 Å². The minimum Gasteiger partial charge on any atom is -0.325 e. The zero-order valence-corrected chi connectivity index (χ0v) is 20.2. The summed E-state index contributed by atoms with van der Waals surface area (Å²) in [5.41, 5.74) is 5.12. The predicted molar refractivity (Wildman–Crippen MR) is 135 cm³/mol. The van der Waals surface area contributed by atoms with E-state index in [1.54, 1.807) is 0 Å². The summed E-state index contributed by atoms with van der Waals surface area (Å²) in [4.78, 5) is 30.8. The van der Waals surface area contributed by atoms with Crippen LogP contribution in [0.15, 0.2) is 58.5 Å². The lowest BCUT2D eigenvalue weighted by atomic mass is 10.1. The molecular weight excluding hydrogens is 446 g/mol. The molecule has 0 atom stereocenters. The Hall–Kier alpha value is -3.39. The number of nitrogens with zero attached hydrogens (tertiary/aromatic N) is 4. The second-order valence-electron chi connectivity index (χ2n) is 8.71. The van der Waals surface area contributed by atoms with Crippen molar-refractivity contribution in [3.8, 4) is 17.1 Å². The summed E-state index contributed by atoms with van der Waals surface area (Å²) < 4.78 is 3.56. The molecule has 7 nitrogen and oxygen atoms in total. The highest BCUT2D eigenvalue weighted by Crippen LogP contribution is 2.30. The smallest absolute Gasteiger partial charge is 0.284 e. The van der Waals surface area contributed by atoms with Crippen molar-refractivity contribution in [1.82, 2.24) is 19.3 Å². The Bertz CT molecular complexity index is 1380. The molecule has 2 aromatic carbocycles. The number of para-hydroxylation sites is 1. The second kappa shape index (κ2) is 9.46. The summed E-state index contributed by atoms with van der Waals surface area (Å²) in [5.74, 6) is 0.594. The van der Waals surface area contributed by atoms with E-state index in [1.165, 1.54) is 16.4 Å². The van der Waals surface area contributed by atoms with E-state index in [-0.39, 0.29) is 17.2 Å². The first-order valence-electron chi connectivity index (χ1n) is 11.6. The highest BCUT2D eigenvalue weighted by molar-refractivity contribution is 7.99. The molecule has 0 saturated heterocycles. The molecule has 34 heavy (non-hydrogen) atoms. The van der Waals surface area contributed by atoms with Crippen molar-refractivity contribution in [2.45, 2.75) is 51.2 Å². The standard InChI is InChI=1S/C26H27N5O2S/c1-17-12-13-18(2)20(15-17)27-22(32)16-34-26-28-24-23(21-11-7-4-8-14-30(21)26)25(33)31(29-24)19-9-5-3-6-10-19/h3,5-6,9-10,12-13,15H,4,7-8,11,14,16H2,1-2H3,(H,27,32). The molecule has 0 fully saturated rings. The number of thioether (sulfide) groups is 1. The number of carbonyl (C=O) groups excluding carboxylic acids is 1. The van der Waals surface area contributed by atoms with E-state index < -0.39 is 0 Å². The topological polar surface area (TPSA) is 81.8 Å². The summed E-state index contributed by atoms with van der Waals surface area (Å²) in [5, 5.41) is 8.32. The lowest BCUT2D eigenvalue weighted by Gasteiger charge is -2.17. The molecule has 3 heterocycles. The summed E-state index contributed by atoms with van der Waals surface area (Å²) in [7, 11) is 0. The zero-order chi connectivity index (χ0) is 23.7. The van der Waals surface area contributed by atoms with Crippen LogP contribution in [-0.2, 0) is 17.8 Å². The molecule has 0 bridgehead atoms. The molecule has 5 rings (SSSR count). The summed E-state index contributed by atoms with van der Waals surface area (Å²) in [6.45, 7) is 4.78. The predicted octanol–water partition coefficient (Wildman–Crippen LogP) is 4.61. The zero-order valence-electron chi connectivity index (χ0n) is 19.4. The molecule has 0 saturated carbocycles. The number of anilines is 1. The van der Waals surface area contributed by atoms with Crippen molar-refractivity contribution in [3.05, 3.63) is 75.7 Å². The van der Waals surface area contributed by atoms with E-state index in [2.05, 4.69) is 15.0 Å². The number of amides is 1. The third kappa shape index (κ3) is 4.37. The molecule has 174 valence electrons. The maximum atomic E-state index is 13.3. The molecule has 8 heteroatoms. The first kappa shape index (κ1) is 22.4. The number of benzene rings is 2. The number of aryl methyl sites for hydroxylation is 2. The number of hydrogen-bond acceptors (Lipinski definition) is 5. The van der Waals surface area contributed by atoms with Gasteiger partial charge in [0.2, 0.25) is 5.91 Å². The molecule has 1 amide bonds. The van der Waals surface area contributed by atoms with Gasteiger partial charge in [0.15, 0.2) is 11.0 Å². The highest BCUT2D eigenvalue weighted by Gasteiger charge is 2.27. The second-order valence-corrected chi connectivity index (χ2v) is 9.65. The molecule has 1 N–H and O–H groups in total. The average Bonchev–Trinajstić information content (AvgIpc) is 3.00. The Morgan fingerprint density at radius 1 is 1.09 bits per heavy atom. The van der Waals surface area contributed by atoms with Gasteiger partial charge in [-0.25, -0.2) is 4.98 Å². The van der Waals surface area contributed by atoms with Crippen molar-refractivity contribution in [2.24, 2.45) is 0 Å². The van der Waals surface area contributed by atoms with Crippen LogP contribution in [0, 0.1) is 13.8 Å². The number of nitrogens with one attached hydrogen (secondary N) is 1. The van der Waals surface area contributed by atoms with Crippen LogP contribution in [0.5, 0.6) is 0 Å². The van der Waals surface area contributed by atoms with E-state index in [9.17, 15) is 9.59 Å². The van der Waals surface area contributed by atoms with Crippen LogP contribution in [0.3, 0.4) is 0 Å². The Labute approximate surface area is 202 Å². The molecule has 0 unspecified atom stereocenters. The molecule has 0 aromatic heterocycles. The van der Waals surface area contributed by atoms with Crippen LogP contribution >= 0.6 is 11.8 Å². The van der Waals surface area contributed by atoms with Crippen LogP contribution in [0.2, 0.25) is 0 Å². The molecule has 0 radical (unpaired) electrons. The number of hydrogen-bond donors (Lipinski definition) is 1. The third-order valence-corrected chi connectivity index (χ3v) is 7.14. The van der Waals surface area contributed by atoms with Gasteiger partial charge in [-0.3, -0.25) is 9.59 Å². The maximum Gasteiger partial charge on any atom is 0.284 e. The van der Waals surface area contributed by atoms with Gasteiger partial charge in [-0.15, -0.1) is 5.10 Å². The lowest BCUT2D eigenvalue weighted by Crippen LogP contribution is -2.20. The van der Waals surface area contributed by atoms with Crippen molar-refractivity contribution in [1.29, 1.82) is 0 Å². The minimum atomic E-state index is -0.136. The fraction of sp³-hybridized carbons (Fsp3) is 0.308. The maximum absolute atomic E-state index is 13.3. The van der Waals surface area contributed by atoms with Gasteiger partial charge in [0.1, 0.15) is 5.56 Å². The van der Waals surface area contributed by atoms with Crippen LogP contribution in [0.1, 0.15) is 36.1 Å². The quantitative estimate of drug-likeness (QED) is 0.338. The van der Waals surface area contributed by atoms with Gasteiger partial charge in [0.25, 0.3) is 5.56 Å². The lowest BCUT2D eigenvalue weighted by molar-refractivity contribution is -0.113. The van der Waals surface area contributed by atoms with Crippen molar-refractivity contribution >= 4 is 23.4 Å². The first-order chi connectivity index (χ1) is 16.5. The van der Waals surface area contributed by atoms with Crippen molar-refractivity contribution in [2.75, 3.05) is 11.1 Å². The van der Waals surface area contributed by atoms with Crippen LogP contribution in [-0.4, -0.2) is 31.0 Å². The van der Waals surface area contributed by atoms with Crippen LogP contribution < -0.4 is 10.9 Å². The molecular formula is C26H27N5O2S. The molecule has 0 aliphatic carbocycles. The third-order valence-electron chi connectivity index (χ3n) is 6.17. The summed E-state index contributed by atoms with van der Waals surface area (Å²) in [6.07, 6.45) is 3.94. The summed E-state index contributed by atoms with van der Waals surface area (Å²) >= 11 is 1.40. The Balaban J connectivity index is 1.48. The molecule has 3 aliphatic heterocycles. The Morgan fingerprint density at radius 3 is 2.74 bits per heavy atom. The Kier molecular flexibility index (Phi) is 6.24. The van der Waals surface area contributed by atoms with Gasteiger partial charge < -0.3 is 9.88 Å². The largest absolute Gasteiger partial charge is 0.325 e. The number of aromatic nitrogens is 4. The van der Waals surface area contributed by atoms with Crippen molar-refractivity contribution < 1.29 is 4.79 Å². The van der Waals surface area contributed by atoms with E-state index in [4.69, 9.17) is 4.98 Å². The van der Waals surface area contributed by atoms with Gasteiger partial charge >= 0.3 is 0 Å².